The number of aryl methyl sites for hydroxylation is 1. The summed E-state index contributed by atoms with van der Waals surface area (Å²) in [7, 11) is 3.25. The third-order valence-electron chi connectivity index (χ3n) is 2.85. The number of anilines is 1. The number of aldehydes is 1. The molecule has 1 aromatic carbocycles. The first-order valence-corrected chi connectivity index (χ1v) is 6.14. The van der Waals surface area contributed by atoms with Crippen molar-refractivity contribution in [2.45, 2.75) is 18.9 Å². The first-order chi connectivity index (χ1) is 9.15. The van der Waals surface area contributed by atoms with Crippen LogP contribution in [0.2, 0.25) is 0 Å². The van der Waals surface area contributed by atoms with Crippen molar-refractivity contribution in [3.05, 3.63) is 29.8 Å². The summed E-state index contributed by atoms with van der Waals surface area (Å²) >= 11 is 0. The third-order valence-corrected chi connectivity index (χ3v) is 2.85. The van der Waals surface area contributed by atoms with Crippen LogP contribution in [0.3, 0.4) is 0 Å². The predicted octanol–water partition coefficient (Wildman–Crippen LogP) is 0.755. The molecule has 1 aromatic rings. The van der Waals surface area contributed by atoms with E-state index in [4.69, 9.17) is 5.73 Å². The number of para-hydroxylation sites is 1. The molecule has 19 heavy (non-hydrogen) atoms. The zero-order valence-electron chi connectivity index (χ0n) is 11.3. The Labute approximate surface area is 113 Å². The quantitative estimate of drug-likeness (QED) is 0.800. The molecule has 5 nitrogen and oxygen atoms in total. The fraction of sp³-hybridized carbons (Fsp3) is 0.429. The molecule has 0 aromatic heterocycles. The molecule has 2 rings (SSSR count). The van der Waals surface area contributed by atoms with E-state index >= 15 is 0 Å². The molecule has 1 amide bonds. The zero-order valence-corrected chi connectivity index (χ0v) is 11.3. The van der Waals surface area contributed by atoms with Gasteiger partial charge in [0.15, 0.2) is 0 Å². The Morgan fingerprint density at radius 3 is 2.68 bits per heavy atom. The number of carbonyl (C=O) groups is 2. The number of hydrogen-bond donors (Lipinski definition) is 1. The minimum absolute atomic E-state index is 0.0730. The smallest absolute Gasteiger partial charge is 0.244 e. The lowest BCUT2D eigenvalue weighted by atomic mass is 10.1. The molecular weight excluding hydrogens is 244 g/mol. The summed E-state index contributed by atoms with van der Waals surface area (Å²) in [5.41, 5.74) is 7.66. The van der Waals surface area contributed by atoms with Crippen molar-refractivity contribution in [2.24, 2.45) is 5.73 Å². The van der Waals surface area contributed by atoms with E-state index in [0.717, 1.165) is 24.0 Å². The molecule has 1 aliphatic heterocycles. The molecule has 2 N–H and O–H groups in total. The van der Waals surface area contributed by atoms with E-state index in [1.54, 1.807) is 14.2 Å². The largest absolute Gasteiger partial charge is 0.388 e. The van der Waals surface area contributed by atoms with Crippen molar-refractivity contribution >= 4 is 17.9 Å². The molecule has 1 aliphatic rings. The van der Waals surface area contributed by atoms with Gasteiger partial charge in [-0.25, -0.2) is 0 Å². The van der Waals surface area contributed by atoms with Crippen LogP contribution in [0, 0.1) is 0 Å². The number of ether oxygens (including phenoxy) is 1. The Hall–Kier alpha value is -1.72. The molecule has 0 spiro atoms. The van der Waals surface area contributed by atoms with Crippen molar-refractivity contribution in [1.29, 1.82) is 0 Å². The van der Waals surface area contributed by atoms with E-state index in [1.165, 1.54) is 4.90 Å². The fourth-order valence-corrected chi connectivity index (χ4v) is 2.00. The van der Waals surface area contributed by atoms with Gasteiger partial charge in [0.1, 0.15) is 6.29 Å². The SMILES string of the molecule is COC.NC1CCc2ccccc2N(CC=O)C1=O. The number of benzene rings is 1. The van der Waals surface area contributed by atoms with E-state index in [9.17, 15) is 9.59 Å². The van der Waals surface area contributed by atoms with Gasteiger partial charge in [0, 0.05) is 19.9 Å². The zero-order chi connectivity index (χ0) is 14.3. The molecular formula is C14H20N2O3. The lowest BCUT2D eigenvalue weighted by Crippen LogP contribution is -2.43. The second kappa shape index (κ2) is 7.66. The highest BCUT2D eigenvalue weighted by Gasteiger charge is 2.27. The summed E-state index contributed by atoms with van der Waals surface area (Å²) < 4.78 is 4.25. The molecule has 1 heterocycles. The van der Waals surface area contributed by atoms with Gasteiger partial charge in [-0.3, -0.25) is 4.79 Å². The van der Waals surface area contributed by atoms with Crippen LogP contribution in [0.4, 0.5) is 5.69 Å². The maximum absolute atomic E-state index is 11.9. The average molecular weight is 264 g/mol. The Kier molecular flexibility index (Phi) is 6.18. The number of rotatable bonds is 2. The molecule has 0 bridgehead atoms. The second-order valence-corrected chi connectivity index (χ2v) is 4.30. The lowest BCUT2D eigenvalue weighted by Gasteiger charge is -2.22. The van der Waals surface area contributed by atoms with Crippen LogP contribution in [0.15, 0.2) is 24.3 Å². The number of nitrogens with zero attached hydrogens (tertiary/aromatic N) is 1. The van der Waals surface area contributed by atoms with Crippen LogP contribution in [0.5, 0.6) is 0 Å². The number of nitrogens with two attached hydrogens (primary N) is 1. The van der Waals surface area contributed by atoms with Gasteiger partial charge in [-0.05, 0) is 24.5 Å². The number of hydrogen-bond acceptors (Lipinski definition) is 4. The Morgan fingerprint density at radius 2 is 2.05 bits per heavy atom. The highest BCUT2D eigenvalue weighted by molar-refractivity contribution is 6.00. The van der Waals surface area contributed by atoms with Gasteiger partial charge in [0.2, 0.25) is 5.91 Å². The van der Waals surface area contributed by atoms with Crippen LogP contribution < -0.4 is 10.6 Å². The molecule has 1 atom stereocenters. The minimum Gasteiger partial charge on any atom is -0.388 e. The number of carbonyl (C=O) groups excluding carboxylic acids is 2. The molecule has 0 saturated carbocycles. The molecule has 5 heteroatoms. The van der Waals surface area contributed by atoms with Crippen molar-refractivity contribution < 1.29 is 14.3 Å². The minimum atomic E-state index is -0.507. The average Bonchev–Trinajstić information content (AvgIpc) is 2.53. The number of amides is 1. The Bertz CT molecular complexity index is 434. The van der Waals surface area contributed by atoms with Gasteiger partial charge in [0.25, 0.3) is 0 Å². The summed E-state index contributed by atoms with van der Waals surface area (Å²) in [5.74, 6) is -0.169. The van der Waals surface area contributed by atoms with E-state index < -0.39 is 6.04 Å². The lowest BCUT2D eigenvalue weighted by molar-refractivity contribution is -0.121. The standard InChI is InChI=1S/C12H14N2O2.C2H6O/c13-10-6-5-9-3-1-2-4-11(9)14(7-8-15)12(10)16;1-3-2/h1-4,8,10H,5-7,13H2;1-2H3. The van der Waals surface area contributed by atoms with Crippen LogP contribution >= 0.6 is 0 Å². The maximum Gasteiger partial charge on any atom is 0.244 e. The van der Waals surface area contributed by atoms with Gasteiger partial charge in [0.05, 0.1) is 12.6 Å². The van der Waals surface area contributed by atoms with Crippen LogP contribution in [0.25, 0.3) is 0 Å². The summed E-state index contributed by atoms with van der Waals surface area (Å²) in [6.45, 7) is 0.0730. The topological polar surface area (TPSA) is 72.6 Å². The van der Waals surface area contributed by atoms with Crippen molar-refractivity contribution in [3.63, 3.8) is 0 Å². The highest BCUT2D eigenvalue weighted by atomic mass is 16.4. The summed E-state index contributed by atoms with van der Waals surface area (Å²) in [6, 6.07) is 7.11. The van der Waals surface area contributed by atoms with Crippen LogP contribution in [-0.4, -0.2) is 39.0 Å². The maximum atomic E-state index is 11.9. The summed E-state index contributed by atoms with van der Waals surface area (Å²) in [6.07, 6.45) is 2.14. The predicted molar refractivity (Wildman–Crippen MR) is 74.1 cm³/mol. The molecule has 104 valence electrons. The van der Waals surface area contributed by atoms with Crippen LogP contribution in [-0.2, 0) is 20.7 Å². The fourth-order valence-electron chi connectivity index (χ4n) is 2.00. The molecule has 0 saturated heterocycles. The van der Waals surface area contributed by atoms with E-state index in [2.05, 4.69) is 4.74 Å². The summed E-state index contributed by atoms with van der Waals surface area (Å²) in [4.78, 5) is 24.0. The number of fused-ring (bicyclic) bond motifs is 1. The van der Waals surface area contributed by atoms with Crippen molar-refractivity contribution in [1.82, 2.24) is 0 Å². The first-order valence-electron chi connectivity index (χ1n) is 6.14. The van der Waals surface area contributed by atoms with E-state index in [0.29, 0.717) is 6.42 Å². The monoisotopic (exact) mass is 264 g/mol. The molecule has 0 aliphatic carbocycles. The van der Waals surface area contributed by atoms with E-state index in [-0.39, 0.29) is 12.5 Å². The highest BCUT2D eigenvalue weighted by Crippen LogP contribution is 2.25. The molecule has 0 radical (unpaired) electrons. The summed E-state index contributed by atoms with van der Waals surface area (Å²) in [5, 5.41) is 0. The van der Waals surface area contributed by atoms with Gasteiger partial charge in [-0.15, -0.1) is 0 Å². The molecule has 1 unspecified atom stereocenters. The Morgan fingerprint density at radius 1 is 1.42 bits per heavy atom. The Balaban J connectivity index is 0.000000550. The van der Waals surface area contributed by atoms with E-state index in [1.807, 2.05) is 24.3 Å². The second-order valence-electron chi connectivity index (χ2n) is 4.30. The van der Waals surface area contributed by atoms with Gasteiger partial charge < -0.3 is 20.2 Å². The normalized spacial score (nSPS) is 17.9. The first kappa shape index (κ1) is 15.3. The van der Waals surface area contributed by atoms with Crippen LogP contribution in [0.1, 0.15) is 12.0 Å². The molecule has 0 fully saturated rings. The third kappa shape index (κ3) is 3.87. The van der Waals surface area contributed by atoms with Crippen molar-refractivity contribution in [3.8, 4) is 0 Å². The van der Waals surface area contributed by atoms with Gasteiger partial charge in [-0.2, -0.15) is 0 Å². The van der Waals surface area contributed by atoms with Crippen molar-refractivity contribution in [2.75, 3.05) is 25.7 Å². The van der Waals surface area contributed by atoms with Gasteiger partial charge in [-0.1, -0.05) is 18.2 Å². The number of methoxy groups -OCH3 is 1. The van der Waals surface area contributed by atoms with Gasteiger partial charge >= 0.3 is 0 Å².